The lowest BCUT2D eigenvalue weighted by atomic mass is 10.1. The number of carbonyl (C=O) groups excluding carboxylic acids is 3. The maximum atomic E-state index is 11.9. The van der Waals surface area contributed by atoms with Crippen molar-refractivity contribution in [3.63, 3.8) is 0 Å². The van der Waals surface area contributed by atoms with Crippen LogP contribution in [0.5, 0.6) is 17.2 Å². The third-order valence-electron chi connectivity index (χ3n) is 4.56. The number of ether oxygens (including phenoxy) is 5. The molecule has 2 N–H and O–H groups in total. The number of carboxylic acids is 1. The van der Waals surface area contributed by atoms with Gasteiger partial charge in [-0.3, -0.25) is 4.79 Å². The zero-order chi connectivity index (χ0) is 27.4. The average Bonchev–Trinajstić information content (AvgIpc) is 2.87. The van der Waals surface area contributed by atoms with Crippen molar-refractivity contribution in [3.05, 3.63) is 65.2 Å². The van der Waals surface area contributed by atoms with E-state index in [1.54, 1.807) is 18.2 Å². The van der Waals surface area contributed by atoms with E-state index in [1.165, 1.54) is 50.6 Å². The first kappa shape index (κ1) is 28.6. The van der Waals surface area contributed by atoms with E-state index in [0.717, 1.165) is 13.0 Å². The van der Waals surface area contributed by atoms with Gasteiger partial charge < -0.3 is 33.9 Å². The normalized spacial score (nSPS) is 11.7. The average molecular weight is 514 g/mol. The van der Waals surface area contributed by atoms with Crippen molar-refractivity contribution < 1.29 is 53.1 Å². The highest BCUT2D eigenvalue weighted by Crippen LogP contribution is 2.28. The van der Waals surface area contributed by atoms with Crippen molar-refractivity contribution >= 4 is 36.0 Å². The summed E-state index contributed by atoms with van der Waals surface area (Å²) in [5, 5.41) is 19.1. The van der Waals surface area contributed by atoms with Crippen LogP contribution < -0.4 is 14.2 Å². The number of aliphatic hydroxyl groups excluding tert-OH is 1. The summed E-state index contributed by atoms with van der Waals surface area (Å²) >= 11 is 0. The van der Waals surface area contributed by atoms with Crippen LogP contribution in [0.1, 0.15) is 28.4 Å². The van der Waals surface area contributed by atoms with Crippen molar-refractivity contribution in [1.82, 2.24) is 0 Å². The molecule has 0 heterocycles. The quantitative estimate of drug-likeness (QED) is 0.244. The summed E-state index contributed by atoms with van der Waals surface area (Å²) < 4.78 is 25.1. The Hall–Kier alpha value is -4.64. The minimum absolute atomic E-state index is 0.173. The first-order valence-corrected chi connectivity index (χ1v) is 10.8. The van der Waals surface area contributed by atoms with E-state index in [0.29, 0.717) is 22.6 Å². The van der Waals surface area contributed by atoms with Gasteiger partial charge >= 0.3 is 23.9 Å². The third kappa shape index (κ3) is 9.49. The topological polar surface area (TPSA) is 155 Å². The summed E-state index contributed by atoms with van der Waals surface area (Å²) in [6.07, 6.45) is 3.76. The Morgan fingerprint density at radius 1 is 0.811 bits per heavy atom. The molecule has 0 aliphatic rings. The van der Waals surface area contributed by atoms with Crippen LogP contribution in [0.2, 0.25) is 0 Å². The smallest absolute Gasteiger partial charge is 0.339 e. The van der Waals surface area contributed by atoms with Crippen LogP contribution in [0.4, 0.5) is 0 Å². The van der Waals surface area contributed by atoms with Crippen LogP contribution in [0.25, 0.3) is 12.2 Å². The maximum absolute atomic E-state index is 11.9. The highest BCUT2D eigenvalue weighted by atomic mass is 16.6. The summed E-state index contributed by atoms with van der Waals surface area (Å²) in [5.41, 5.74) is 0.813. The van der Waals surface area contributed by atoms with Crippen molar-refractivity contribution in [2.45, 2.75) is 13.0 Å². The molecule has 2 aromatic rings. The lowest BCUT2D eigenvalue weighted by molar-refractivity contribution is -0.146. The molecule has 37 heavy (non-hydrogen) atoms. The predicted octanol–water partition coefficient (Wildman–Crippen LogP) is 2.50. The van der Waals surface area contributed by atoms with E-state index >= 15 is 0 Å². The van der Waals surface area contributed by atoms with Gasteiger partial charge in [0.15, 0.2) is 11.5 Å². The molecule has 0 radical (unpaired) electrons. The molecular weight excluding hydrogens is 488 g/mol. The highest BCUT2D eigenvalue weighted by Gasteiger charge is 2.14. The fourth-order valence-corrected chi connectivity index (χ4v) is 2.84. The Kier molecular flexibility index (Phi) is 10.9. The molecule has 0 aliphatic carbocycles. The molecule has 11 nitrogen and oxygen atoms in total. The molecule has 2 rings (SSSR count). The Labute approximate surface area is 212 Å². The number of aliphatic hydroxyl groups is 1. The van der Waals surface area contributed by atoms with Crippen LogP contribution >= 0.6 is 0 Å². The summed E-state index contributed by atoms with van der Waals surface area (Å²) in [6, 6.07) is 8.97. The molecule has 0 bridgehead atoms. The van der Waals surface area contributed by atoms with Gasteiger partial charge in [-0.2, -0.15) is 0 Å². The molecule has 0 saturated carbocycles. The van der Waals surface area contributed by atoms with Gasteiger partial charge in [-0.1, -0.05) is 12.1 Å². The van der Waals surface area contributed by atoms with Crippen molar-refractivity contribution in [2.24, 2.45) is 0 Å². The zero-order valence-electron chi connectivity index (χ0n) is 20.3. The summed E-state index contributed by atoms with van der Waals surface area (Å²) in [5.74, 6) is -2.65. The number of hydrogen-bond acceptors (Lipinski definition) is 10. The summed E-state index contributed by atoms with van der Waals surface area (Å²) in [7, 11) is 3.00. The van der Waals surface area contributed by atoms with Crippen LogP contribution in [-0.4, -0.2) is 67.6 Å². The number of carboxylic acid groups (broad SMARTS) is 1. The largest absolute Gasteiger partial charge is 0.493 e. The fraction of sp³-hybridized carbons (Fsp3) is 0.231. The number of aromatic carboxylic acids is 1. The van der Waals surface area contributed by atoms with Crippen molar-refractivity contribution in [1.29, 1.82) is 0 Å². The molecule has 1 atom stereocenters. The molecule has 196 valence electrons. The van der Waals surface area contributed by atoms with Crippen LogP contribution in [-0.2, 0) is 23.9 Å². The molecule has 11 heteroatoms. The monoisotopic (exact) mass is 514 g/mol. The van der Waals surface area contributed by atoms with E-state index in [4.69, 9.17) is 28.8 Å². The minimum Gasteiger partial charge on any atom is -0.493 e. The molecule has 2 aromatic carbocycles. The maximum Gasteiger partial charge on any atom is 0.339 e. The molecule has 0 saturated heterocycles. The first-order valence-electron chi connectivity index (χ1n) is 10.8. The molecule has 0 fully saturated rings. The van der Waals surface area contributed by atoms with Crippen LogP contribution in [0.15, 0.2) is 48.6 Å². The van der Waals surface area contributed by atoms with Gasteiger partial charge in [-0.05, 0) is 47.5 Å². The Bertz CT molecular complexity index is 1200. The van der Waals surface area contributed by atoms with Crippen LogP contribution in [0.3, 0.4) is 0 Å². The van der Waals surface area contributed by atoms with Gasteiger partial charge in [-0.15, -0.1) is 0 Å². The third-order valence-corrected chi connectivity index (χ3v) is 4.56. The lowest BCUT2D eigenvalue weighted by Crippen LogP contribution is -2.24. The molecule has 0 spiro atoms. The van der Waals surface area contributed by atoms with E-state index in [9.17, 15) is 24.3 Å². The van der Waals surface area contributed by atoms with E-state index < -0.39 is 43.2 Å². The molecular formula is C26H26O11. The van der Waals surface area contributed by atoms with Gasteiger partial charge in [0.2, 0.25) is 0 Å². The standard InChI is InChI=1S/C26H26O11/c1-16(27)37-22-12-17(4-8-20(22)26(31)32)6-10-24(29)35-14-19(28)15-36-25(30)11-7-18-5-9-21(33-2)23(13-18)34-3/h4-13,19,28H,14-15H2,1-3H3,(H,31,32)/b10-6+,11-7+. The molecule has 1 unspecified atom stereocenters. The second-order valence-corrected chi connectivity index (χ2v) is 7.35. The second kappa shape index (κ2) is 14.0. The second-order valence-electron chi connectivity index (χ2n) is 7.35. The van der Waals surface area contributed by atoms with Gasteiger partial charge in [0, 0.05) is 19.1 Å². The number of hydrogen-bond donors (Lipinski definition) is 2. The van der Waals surface area contributed by atoms with Gasteiger partial charge in [0.05, 0.1) is 14.2 Å². The van der Waals surface area contributed by atoms with E-state index in [1.807, 2.05) is 0 Å². The number of rotatable bonds is 12. The van der Waals surface area contributed by atoms with Crippen molar-refractivity contribution in [2.75, 3.05) is 27.4 Å². The lowest BCUT2D eigenvalue weighted by Gasteiger charge is -2.10. The first-order chi connectivity index (χ1) is 17.6. The van der Waals surface area contributed by atoms with Gasteiger partial charge in [-0.25, -0.2) is 14.4 Å². The zero-order valence-corrected chi connectivity index (χ0v) is 20.3. The highest BCUT2D eigenvalue weighted by molar-refractivity contribution is 5.93. The summed E-state index contributed by atoms with van der Waals surface area (Å²) in [4.78, 5) is 46.2. The Morgan fingerprint density at radius 2 is 1.32 bits per heavy atom. The Balaban J connectivity index is 1.82. The molecule has 0 amide bonds. The van der Waals surface area contributed by atoms with Gasteiger partial charge in [0.25, 0.3) is 0 Å². The summed E-state index contributed by atoms with van der Waals surface area (Å²) in [6.45, 7) is 0.281. The number of esters is 3. The number of methoxy groups -OCH3 is 2. The van der Waals surface area contributed by atoms with E-state index in [-0.39, 0.29) is 11.3 Å². The number of benzene rings is 2. The van der Waals surface area contributed by atoms with Crippen molar-refractivity contribution in [3.8, 4) is 17.2 Å². The molecule has 0 aliphatic heterocycles. The molecule has 0 aromatic heterocycles. The van der Waals surface area contributed by atoms with Crippen LogP contribution in [0, 0.1) is 0 Å². The number of carbonyl (C=O) groups is 4. The minimum atomic E-state index is -1.28. The predicted molar refractivity (Wildman–Crippen MR) is 130 cm³/mol. The Morgan fingerprint density at radius 3 is 1.81 bits per heavy atom. The fourth-order valence-electron chi connectivity index (χ4n) is 2.84. The van der Waals surface area contributed by atoms with E-state index in [2.05, 4.69) is 0 Å². The van der Waals surface area contributed by atoms with Gasteiger partial charge in [0.1, 0.15) is 30.6 Å². The SMILES string of the molecule is COc1ccc(/C=C/C(=O)OCC(O)COC(=O)/C=C/c2ccc(C(=O)O)c(OC(C)=O)c2)cc1OC.